The van der Waals surface area contributed by atoms with Gasteiger partial charge in [0.15, 0.2) is 0 Å². The zero-order valence-corrected chi connectivity index (χ0v) is 16.4. The van der Waals surface area contributed by atoms with E-state index < -0.39 is 10.0 Å². The molecule has 1 aliphatic heterocycles. The van der Waals surface area contributed by atoms with Crippen LogP contribution in [0.15, 0.2) is 29.3 Å². The maximum atomic E-state index is 12.1. The fourth-order valence-corrected chi connectivity index (χ4v) is 3.75. The molecule has 1 saturated heterocycles. The van der Waals surface area contributed by atoms with E-state index in [9.17, 15) is 8.42 Å². The summed E-state index contributed by atoms with van der Waals surface area (Å²) in [5.41, 5.74) is 1.93. The summed E-state index contributed by atoms with van der Waals surface area (Å²) >= 11 is 0. The second-order valence-corrected chi connectivity index (χ2v) is 8.72. The number of aryl methyl sites for hydroxylation is 2. The first-order valence-electron chi connectivity index (χ1n) is 8.48. The summed E-state index contributed by atoms with van der Waals surface area (Å²) in [5, 5.41) is 0. The third-order valence-electron chi connectivity index (χ3n) is 4.36. The second kappa shape index (κ2) is 7.16. The fourth-order valence-electron chi connectivity index (χ4n) is 2.91. The van der Waals surface area contributed by atoms with Crippen LogP contribution in [0.1, 0.15) is 11.4 Å². The molecule has 3 heterocycles. The van der Waals surface area contributed by atoms with E-state index in [0.717, 1.165) is 49.3 Å². The van der Waals surface area contributed by atoms with Gasteiger partial charge in [-0.25, -0.2) is 27.7 Å². The van der Waals surface area contributed by atoms with Crippen molar-refractivity contribution in [3.05, 3.63) is 35.8 Å². The lowest BCUT2D eigenvalue weighted by Crippen LogP contribution is -2.47. The Kier molecular flexibility index (Phi) is 5.10. The Morgan fingerprint density at radius 1 is 0.962 bits per heavy atom. The summed E-state index contributed by atoms with van der Waals surface area (Å²) in [6.07, 6.45) is 1.42. The zero-order valence-electron chi connectivity index (χ0n) is 15.5. The molecule has 1 aliphatic rings. The minimum absolute atomic E-state index is 0.202. The van der Waals surface area contributed by atoms with Gasteiger partial charge in [0.05, 0.1) is 0 Å². The molecule has 8 nitrogen and oxygen atoms in total. The minimum atomic E-state index is -3.45. The fraction of sp³-hybridized carbons (Fsp3) is 0.471. The molecular weight excluding hydrogens is 352 g/mol. The van der Waals surface area contributed by atoms with Gasteiger partial charge in [-0.2, -0.15) is 0 Å². The Hall–Kier alpha value is -2.26. The Morgan fingerprint density at radius 2 is 1.54 bits per heavy atom. The molecule has 1 fully saturated rings. The Labute approximate surface area is 154 Å². The molecule has 2 aromatic rings. The smallest absolute Gasteiger partial charge is 0.244 e. The van der Waals surface area contributed by atoms with Crippen LogP contribution in [0.3, 0.4) is 0 Å². The van der Waals surface area contributed by atoms with Crippen molar-refractivity contribution in [2.45, 2.75) is 18.7 Å². The first-order valence-corrected chi connectivity index (χ1v) is 9.92. The van der Waals surface area contributed by atoms with Gasteiger partial charge in [0.2, 0.25) is 16.0 Å². The van der Waals surface area contributed by atoms with Crippen LogP contribution in [0, 0.1) is 13.8 Å². The number of pyridine rings is 1. The SMILES string of the molecule is Cc1cc(C)nc(N2CCN(c3ccc(S(=O)(=O)N(C)C)cn3)CC2)n1. The van der Waals surface area contributed by atoms with E-state index in [-0.39, 0.29) is 4.90 Å². The summed E-state index contributed by atoms with van der Waals surface area (Å²) in [4.78, 5) is 17.9. The molecule has 140 valence electrons. The highest BCUT2D eigenvalue weighted by atomic mass is 32.2. The topological polar surface area (TPSA) is 82.5 Å². The zero-order chi connectivity index (χ0) is 18.9. The standard InChI is InChI=1S/C17H24N6O2S/c1-13-11-14(2)20-17(19-13)23-9-7-22(8-10-23)16-6-5-15(12-18-16)26(24,25)21(3)4/h5-6,11-12H,7-10H2,1-4H3. The normalized spacial score (nSPS) is 15.6. The van der Waals surface area contributed by atoms with Crippen LogP contribution in [0.4, 0.5) is 11.8 Å². The van der Waals surface area contributed by atoms with Gasteiger partial charge in [0.1, 0.15) is 10.7 Å². The summed E-state index contributed by atoms with van der Waals surface area (Å²) in [5.74, 6) is 1.55. The lowest BCUT2D eigenvalue weighted by molar-refractivity contribution is 0.520. The Morgan fingerprint density at radius 3 is 2.04 bits per heavy atom. The average molecular weight is 376 g/mol. The van der Waals surface area contributed by atoms with Crippen LogP contribution in [0.5, 0.6) is 0 Å². The number of hydrogen-bond acceptors (Lipinski definition) is 7. The van der Waals surface area contributed by atoms with Crippen LogP contribution >= 0.6 is 0 Å². The van der Waals surface area contributed by atoms with Gasteiger partial charge in [-0.1, -0.05) is 0 Å². The molecule has 0 bridgehead atoms. The van der Waals surface area contributed by atoms with Gasteiger partial charge in [-0.05, 0) is 32.0 Å². The molecule has 9 heteroatoms. The third kappa shape index (κ3) is 3.78. The molecule has 0 radical (unpaired) electrons. The van der Waals surface area contributed by atoms with E-state index in [2.05, 4.69) is 24.8 Å². The van der Waals surface area contributed by atoms with Gasteiger partial charge < -0.3 is 9.80 Å². The quantitative estimate of drug-likeness (QED) is 0.789. The minimum Gasteiger partial charge on any atom is -0.353 e. The van der Waals surface area contributed by atoms with E-state index in [1.807, 2.05) is 19.9 Å². The van der Waals surface area contributed by atoms with Gasteiger partial charge in [-0.15, -0.1) is 0 Å². The number of nitrogens with zero attached hydrogens (tertiary/aromatic N) is 6. The highest BCUT2D eigenvalue weighted by Crippen LogP contribution is 2.19. The van der Waals surface area contributed by atoms with Crippen molar-refractivity contribution in [3.8, 4) is 0 Å². The molecular formula is C17H24N6O2S. The van der Waals surface area contributed by atoms with Crippen molar-refractivity contribution in [1.82, 2.24) is 19.3 Å². The Bertz CT molecular complexity index is 854. The lowest BCUT2D eigenvalue weighted by Gasteiger charge is -2.35. The van der Waals surface area contributed by atoms with E-state index >= 15 is 0 Å². The molecule has 0 amide bonds. The van der Waals surface area contributed by atoms with Crippen LogP contribution in [0.2, 0.25) is 0 Å². The predicted molar refractivity (Wildman–Crippen MR) is 101 cm³/mol. The molecule has 0 spiro atoms. The third-order valence-corrected chi connectivity index (χ3v) is 6.15. The van der Waals surface area contributed by atoms with E-state index in [1.165, 1.54) is 24.6 Å². The Balaban J connectivity index is 1.68. The van der Waals surface area contributed by atoms with Gasteiger partial charge in [0, 0.05) is 57.9 Å². The van der Waals surface area contributed by atoms with Gasteiger partial charge in [-0.3, -0.25) is 0 Å². The number of sulfonamides is 1. The van der Waals surface area contributed by atoms with Crippen LogP contribution in [-0.2, 0) is 10.0 Å². The number of rotatable bonds is 4. The number of anilines is 2. The van der Waals surface area contributed by atoms with Crippen LogP contribution in [0.25, 0.3) is 0 Å². The molecule has 0 aromatic carbocycles. The number of aromatic nitrogens is 3. The molecule has 0 unspecified atom stereocenters. The maximum absolute atomic E-state index is 12.1. The van der Waals surface area contributed by atoms with Crippen LogP contribution in [-0.4, -0.2) is 67.9 Å². The van der Waals surface area contributed by atoms with Crippen molar-refractivity contribution >= 4 is 21.8 Å². The first-order chi connectivity index (χ1) is 12.3. The van der Waals surface area contributed by atoms with Gasteiger partial charge in [0.25, 0.3) is 0 Å². The van der Waals surface area contributed by atoms with E-state index in [4.69, 9.17) is 0 Å². The second-order valence-electron chi connectivity index (χ2n) is 6.56. The summed E-state index contributed by atoms with van der Waals surface area (Å²) in [6.45, 7) is 7.10. The van der Waals surface area contributed by atoms with Crippen LogP contribution < -0.4 is 9.80 Å². The summed E-state index contributed by atoms with van der Waals surface area (Å²) in [6, 6.07) is 5.34. The maximum Gasteiger partial charge on any atom is 0.244 e. The molecule has 0 saturated carbocycles. The van der Waals surface area contributed by atoms with Gasteiger partial charge >= 0.3 is 0 Å². The van der Waals surface area contributed by atoms with Crippen molar-refractivity contribution in [1.29, 1.82) is 0 Å². The first kappa shape index (κ1) is 18.5. The number of hydrogen-bond donors (Lipinski definition) is 0. The highest BCUT2D eigenvalue weighted by Gasteiger charge is 2.22. The van der Waals surface area contributed by atoms with Crippen molar-refractivity contribution < 1.29 is 8.42 Å². The van der Waals surface area contributed by atoms with E-state index in [0.29, 0.717) is 0 Å². The van der Waals surface area contributed by atoms with Crippen molar-refractivity contribution in [3.63, 3.8) is 0 Å². The molecule has 0 aliphatic carbocycles. The molecule has 3 rings (SSSR count). The largest absolute Gasteiger partial charge is 0.353 e. The van der Waals surface area contributed by atoms with Crippen molar-refractivity contribution in [2.75, 3.05) is 50.1 Å². The predicted octanol–water partition coefficient (Wildman–Crippen LogP) is 1.07. The molecule has 2 aromatic heterocycles. The molecule has 26 heavy (non-hydrogen) atoms. The van der Waals surface area contributed by atoms with Crippen molar-refractivity contribution in [2.24, 2.45) is 0 Å². The summed E-state index contributed by atoms with van der Waals surface area (Å²) < 4.78 is 25.4. The molecule has 0 N–H and O–H groups in total. The number of piperazine rings is 1. The highest BCUT2D eigenvalue weighted by molar-refractivity contribution is 7.89. The lowest BCUT2D eigenvalue weighted by atomic mass is 10.3. The van der Waals surface area contributed by atoms with E-state index in [1.54, 1.807) is 12.1 Å². The monoisotopic (exact) mass is 376 g/mol. The summed E-state index contributed by atoms with van der Waals surface area (Å²) in [7, 11) is -0.427. The molecule has 0 atom stereocenters. The average Bonchev–Trinajstić information content (AvgIpc) is 2.61.